The first-order chi connectivity index (χ1) is 11.5. The minimum absolute atomic E-state index is 0.200. The molecule has 0 radical (unpaired) electrons. The van der Waals surface area contributed by atoms with Crippen LogP contribution in [-0.2, 0) is 10.0 Å². The van der Waals surface area contributed by atoms with E-state index in [0.29, 0.717) is 0 Å². The van der Waals surface area contributed by atoms with Crippen molar-refractivity contribution < 1.29 is 30.8 Å². The van der Waals surface area contributed by atoms with Gasteiger partial charge in [0.2, 0.25) is 10.0 Å². The van der Waals surface area contributed by atoms with Gasteiger partial charge < -0.3 is 5.32 Å². The summed E-state index contributed by atoms with van der Waals surface area (Å²) >= 11 is 0. The van der Waals surface area contributed by atoms with Crippen LogP contribution in [0.2, 0.25) is 0 Å². The summed E-state index contributed by atoms with van der Waals surface area (Å²) in [6.07, 6.45) is 0. The maximum absolute atomic E-state index is 13.7. The van der Waals surface area contributed by atoms with Gasteiger partial charge in [0.15, 0.2) is 23.3 Å². The molecule has 1 amide bonds. The van der Waals surface area contributed by atoms with E-state index in [1.807, 2.05) is 15.0 Å². The smallest absolute Gasteiger partial charge is 0.257 e. The molecule has 0 unspecified atom stereocenters. The molecule has 0 saturated heterocycles. The third kappa shape index (κ3) is 4.47. The van der Waals surface area contributed by atoms with E-state index < -0.39 is 57.0 Å². The Balaban J connectivity index is 2.97. The Hall–Kier alpha value is -2.63. The standard InChI is InChI=1S/C12H11F4N5O3S/c1-5(2)25(23,24)19-4-3-18-12(22)6-7(13)9(15)11(20-21-17)10(16)8(6)14/h19H,1,3-4H2,2H3,(H,18,22). The minimum atomic E-state index is -3.81. The Morgan fingerprint density at radius 1 is 1.16 bits per heavy atom. The first-order valence-electron chi connectivity index (χ1n) is 6.39. The summed E-state index contributed by atoms with van der Waals surface area (Å²) in [4.78, 5) is 13.5. The number of allylic oxidation sites excluding steroid dienone is 1. The monoisotopic (exact) mass is 381 g/mol. The number of carbonyl (C=O) groups excluding carboxylic acids is 1. The summed E-state index contributed by atoms with van der Waals surface area (Å²) in [6.45, 7) is 3.60. The predicted molar refractivity (Wildman–Crippen MR) is 79.1 cm³/mol. The number of carbonyl (C=O) groups is 1. The van der Waals surface area contributed by atoms with Gasteiger partial charge in [-0.05, 0) is 12.5 Å². The van der Waals surface area contributed by atoms with Gasteiger partial charge in [-0.2, -0.15) is 0 Å². The van der Waals surface area contributed by atoms with Crippen LogP contribution in [0, 0.1) is 23.3 Å². The molecule has 8 nitrogen and oxygen atoms in total. The van der Waals surface area contributed by atoms with Crippen LogP contribution < -0.4 is 10.0 Å². The van der Waals surface area contributed by atoms with Gasteiger partial charge in [0.25, 0.3) is 5.91 Å². The van der Waals surface area contributed by atoms with Gasteiger partial charge in [-0.25, -0.2) is 30.7 Å². The van der Waals surface area contributed by atoms with E-state index in [2.05, 4.69) is 11.7 Å². The normalized spacial score (nSPS) is 10.9. The van der Waals surface area contributed by atoms with E-state index in [9.17, 15) is 30.8 Å². The molecule has 0 spiro atoms. The summed E-state index contributed by atoms with van der Waals surface area (Å²) < 4.78 is 79.3. The molecule has 0 aliphatic rings. The van der Waals surface area contributed by atoms with Gasteiger partial charge >= 0.3 is 0 Å². The average molecular weight is 381 g/mol. The largest absolute Gasteiger partial charge is 0.351 e. The second-order valence-electron chi connectivity index (χ2n) is 4.52. The fourth-order valence-corrected chi connectivity index (χ4v) is 2.14. The molecule has 13 heteroatoms. The Bertz CT molecular complexity index is 852. The number of benzene rings is 1. The highest BCUT2D eigenvalue weighted by molar-refractivity contribution is 7.93. The molecule has 0 atom stereocenters. The SMILES string of the molecule is C=C(C)S(=O)(=O)NCCNC(=O)c1c(F)c(F)c(N=[N+]=[N-])c(F)c1F. The second kappa shape index (κ2) is 7.96. The number of amides is 1. The lowest BCUT2D eigenvalue weighted by molar-refractivity contribution is 0.0943. The van der Waals surface area contributed by atoms with Crippen LogP contribution in [0.15, 0.2) is 16.6 Å². The third-order valence-corrected chi connectivity index (χ3v) is 4.28. The van der Waals surface area contributed by atoms with Crippen LogP contribution in [0.4, 0.5) is 23.2 Å². The van der Waals surface area contributed by atoms with Crippen LogP contribution in [0.25, 0.3) is 10.4 Å². The van der Waals surface area contributed by atoms with Crippen molar-refractivity contribution in [3.8, 4) is 0 Å². The van der Waals surface area contributed by atoms with Gasteiger partial charge in [-0.1, -0.05) is 11.7 Å². The fourth-order valence-electron chi connectivity index (χ4n) is 1.52. The molecule has 1 aromatic rings. The minimum Gasteiger partial charge on any atom is -0.351 e. The topological polar surface area (TPSA) is 124 Å². The molecular weight excluding hydrogens is 370 g/mol. The lowest BCUT2D eigenvalue weighted by Crippen LogP contribution is -2.35. The van der Waals surface area contributed by atoms with Crippen molar-refractivity contribution in [1.29, 1.82) is 0 Å². The van der Waals surface area contributed by atoms with Gasteiger partial charge in [-0.3, -0.25) is 4.79 Å². The number of sulfonamides is 1. The van der Waals surface area contributed by atoms with Crippen LogP contribution in [0.3, 0.4) is 0 Å². The van der Waals surface area contributed by atoms with Gasteiger partial charge in [0, 0.05) is 22.9 Å². The highest BCUT2D eigenvalue weighted by Crippen LogP contribution is 2.30. The maximum Gasteiger partial charge on any atom is 0.257 e. The Kier molecular flexibility index (Phi) is 6.50. The lowest BCUT2D eigenvalue weighted by Gasteiger charge is -2.10. The van der Waals surface area contributed by atoms with Crippen LogP contribution in [0.5, 0.6) is 0 Å². The molecule has 25 heavy (non-hydrogen) atoms. The number of nitrogens with one attached hydrogen (secondary N) is 2. The molecule has 2 N–H and O–H groups in total. The van der Waals surface area contributed by atoms with Gasteiger partial charge in [-0.15, -0.1) is 0 Å². The molecule has 0 bridgehead atoms. The zero-order chi connectivity index (χ0) is 19.4. The van der Waals surface area contributed by atoms with Crippen molar-refractivity contribution in [3.05, 3.63) is 50.8 Å². The number of azide groups is 1. The average Bonchev–Trinajstić information content (AvgIpc) is 2.54. The van der Waals surface area contributed by atoms with E-state index in [1.165, 1.54) is 6.92 Å². The van der Waals surface area contributed by atoms with Crippen molar-refractivity contribution >= 4 is 21.6 Å². The highest BCUT2D eigenvalue weighted by atomic mass is 32.2. The van der Waals surface area contributed by atoms with E-state index in [4.69, 9.17) is 5.53 Å². The van der Waals surface area contributed by atoms with Crippen molar-refractivity contribution in [2.45, 2.75) is 6.92 Å². The number of halogens is 4. The molecule has 0 aliphatic heterocycles. The summed E-state index contributed by atoms with van der Waals surface area (Å²) in [5.41, 5.74) is 4.99. The quantitative estimate of drug-likeness (QED) is 0.188. The molecule has 0 heterocycles. The van der Waals surface area contributed by atoms with Crippen LogP contribution in [-0.4, -0.2) is 27.4 Å². The molecule has 1 rings (SSSR count). The van der Waals surface area contributed by atoms with E-state index in [1.54, 1.807) is 0 Å². The molecule has 0 aromatic heterocycles. The zero-order valence-electron chi connectivity index (χ0n) is 12.6. The summed E-state index contributed by atoms with van der Waals surface area (Å²) in [5, 5.41) is 4.37. The Morgan fingerprint density at radius 3 is 2.12 bits per heavy atom. The number of nitrogens with zero attached hydrogens (tertiary/aromatic N) is 3. The molecule has 1 aromatic carbocycles. The van der Waals surface area contributed by atoms with E-state index >= 15 is 0 Å². The van der Waals surface area contributed by atoms with E-state index in [-0.39, 0.29) is 11.4 Å². The van der Waals surface area contributed by atoms with Crippen LogP contribution in [0.1, 0.15) is 17.3 Å². The number of hydrogen-bond donors (Lipinski definition) is 2. The summed E-state index contributed by atoms with van der Waals surface area (Å²) in [7, 11) is -3.81. The fraction of sp³-hybridized carbons (Fsp3) is 0.250. The van der Waals surface area contributed by atoms with E-state index in [0.717, 1.165) is 0 Å². The molecule has 0 aliphatic carbocycles. The predicted octanol–water partition coefficient (Wildman–Crippen LogP) is 2.37. The van der Waals surface area contributed by atoms with Gasteiger partial charge in [0.05, 0.1) is 0 Å². The van der Waals surface area contributed by atoms with Crippen molar-refractivity contribution in [3.63, 3.8) is 0 Å². The molecule has 136 valence electrons. The second-order valence-corrected chi connectivity index (χ2v) is 6.52. The number of hydrogen-bond acceptors (Lipinski definition) is 4. The third-order valence-electron chi connectivity index (χ3n) is 2.77. The first-order valence-corrected chi connectivity index (χ1v) is 7.87. The van der Waals surface area contributed by atoms with Gasteiger partial charge in [0.1, 0.15) is 11.3 Å². The first kappa shape index (κ1) is 20.4. The Morgan fingerprint density at radius 2 is 1.68 bits per heavy atom. The molecular formula is C12H11F4N5O3S. The van der Waals surface area contributed by atoms with Crippen LogP contribution >= 0.6 is 0 Å². The summed E-state index contributed by atoms with van der Waals surface area (Å²) in [6, 6.07) is 0. The highest BCUT2D eigenvalue weighted by Gasteiger charge is 2.28. The Labute approximate surface area is 139 Å². The number of rotatable bonds is 7. The molecule has 0 saturated carbocycles. The van der Waals surface area contributed by atoms with Crippen molar-refractivity contribution in [2.24, 2.45) is 5.11 Å². The summed E-state index contributed by atoms with van der Waals surface area (Å²) in [5.74, 6) is -9.72. The van der Waals surface area contributed by atoms with Crippen molar-refractivity contribution in [2.75, 3.05) is 13.1 Å². The zero-order valence-corrected chi connectivity index (χ0v) is 13.4. The van der Waals surface area contributed by atoms with Crippen molar-refractivity contribution in [1.82, 2.24) is 10.0 Å². The lowest BCUT2D eigenvalue weighted by atomic mass is 10.1. The maximum atomic E-state index is 13.7. The molecule has 0 fully saturated rings.